The van der Waals surface area contributed by atoms with Crippen LogP contribution in [0, 0.1) is 20.8 Å². The minimum atomic E-state index is -0.509. The number of carbonyl (C=O) groups is 2. The van der Waals surface area contributed by atoms with Gasteiger partial charge in [0.1, 0.15) is 10.7 Å². The molecule has 1 aliphatic rings. The fourth-order valence-electron chi connectivity index (χ4n) is 2.59. The van der Waals surface area contributed by atoms with Gasteiger partial charge >= 0.3 is 0 Å². The van der Waals surface area contributed by atoms with Crippen LogP contribution in [-0.2, 0) is 9.59 Å². The number of imide groups is 1. The molecule has 0 spiro atoms. The number of halogens is 1. The molecule has 122 valence electrons. The molecule has 0 aliphatic carbocycles. The van der Waals surface area contributed by atoms with Gasteiger partial charge in [-0.1, -0.05) is 41.4 Å². The van der Waals surface area contributed by atoms with E-state index < -0.39 is 11.8 Å². The van der Waals surface area contributed by atoms with Gasteiger partial charge in [0.05, 0.1) is 5.69 Å². The molecule has 2 aromatic rings. The molecule has 0 aromatic heterocycles. The second-order valence-corrected chi connectivity index (χ2v) is 6.22. The summed E-state index contributed by atoms with van der Waals surface area (Å²) in [5.74, 6) is -0.954. The van der Waals surface area contributed by atoms with Gasteiger partial charge in [0, 0.05) is 5.69 Å². The zero-order valence-electron chi connectivity index (χ0n) is 13.7. The summed E-state index contributed by atoms with van der Waals surface area (Å²) in [5, 5.41) is 2.87. The van der Waals surface area contributed by atoms with Crippen molar-refractivity contribution in [3.63, 3.8) is 0 Å². The van der Waals surface area contributed by atoms with E-state index in [0.29, 0.717) is 11.4 Å². The summed E-state index contributed by atoms with van der Waals surface area (Å²) in [6, 6.07) is 13.0. The minimum Gasteiger partial charge on any atom is -0.350 e. The highest BCUT2D eigenvalue weighted by atomic mass is 35.5. The molecule has 3 rings (SSSR count). The quantitative estimate of drug-likeness (QED) is 0.858. The number of carbonyl (C=O) groups excluding carboxylic acids is 2. The molecule has 0 saturated heterocycles. The van der Waals surface area contributed by atoms with Crippen LogP contribution in [0.2, 0.25) is 0 Å². The van der Waals surface area contributed by atoms with E-state index in [-0.39, 0.29) is 10.7 Å². The maximum Gasteiger partial charge on any atom is 0.283 e. The number of hydrogen-bond acceptors (Lipinski definition) is 3. The molecule has 1 aliphatic heterocycles. The van der Waals surface area contributed by atoms with Crippen LogP contribution in [0.3, 0.4) is 0 Å². The lowest BCUT2D eigenvalue weighted by Crippen LogP contribution is -2.33. The second kappa shape index (κ2) is 6.13. The first kappa shape index (κ1) is 16.3. The molecule has 0 radical (unpaired) electrons. The van der Waals surface area contributed by atoms with Crippen molar-refractivity contribution < 1.29 is 9.59 Å². The summed E-state index contributed by atoms with van der Waals surface area (Å²) in [6.45, 7) is 5.79. The molecular formula is C19H17ClN2O2. The van der Waals surface area contributed by atoms with E-state index in [4.69, 9.17) is 11.6 Å². The van der Waals surface area contributed by atoms with Gasteiger partial charge in [0.15, 0.2) is 0 Å². The van der Waals surface area contributed by atoms with Crippen molar-refractivity contribution in [2.45, 2.75) is 20.8 Å². The predicted molar refractivity (Wildman–Crippen MR) is 96.1 cm³/mol. The molecule has 5 heteroatoms. The maximum atomic E-state index is 12.8. The minimum absolute atomic E-state index is 0.0959. The van der Waals surface area contributed by atoms with Crippen LogP contribution < -0.4 is 10.2 Å². The normalized spacial score (nSPS) is 14.6. The number of aryl methyl sites for hydroxylation is 2. The third kappa shape index (κ3) is 2.69. The molecule has 0 unspecified atom stereocenters. The third-order valence-electron chi connectivity index (χ3n) is 4.17. The van der Waals surface area contributed by atoms with Gasteiger partial charge in [-0.05, 0) is 50.1 Å². The fourth-order valence-corrected chi connectivity index (χ4v) is 2.80. The van der Waals surface area contributed by atoms with E-state index in [1.807, 2.05) is 57.2 Å². The lowest BCUT2D eigenvalue weighted by Gasteiger charge is -2.18. The Morgan fingerprint density at radius 2 is 1.58 bits per heavy atom. The maximum absolute atomic E-state index is 12.8. The number of anilines is 2. The summed E-state index contributed by atoms with van der Waals surface area (Å²) in [5.41, 5.74) is 4.35. The standard InChI is InChI=1S/C19H17ClN2O2/c1-11-7-9-14(10-8-11)21-17-16(20)18(23)22(19(17)24)15-6-4-5-12(2)13(15)3/h4-10,21H,1-3H3. The first-order valence-corrected chi connectivity index (χ1v) is 7.96. The summed E-state index contributed by atoms with van der Waals surface area (Å²) in [6.07, 6.45) is 0. The van der Waals surface area contributed by atoms with Gasteiger partial charge in [-0.2, -0.15) is 0 Å². The lowest BCUT2D eigenvalue weighted by molar-refractivity contribution is -0.120. The Hall–Kier alpha value is -2.59. The van der Waals surface area contributed by atoms with Crippen molar-refractivity contribution >= 4 is 34.8 Å². The van der Waals surface area contributed by atoms with Gasteiger partial charge in [-0.15, -0.1) is 0 Å². The lowest BCUT2D eigenvalue weighted by atomic mass is 10.1. The van der Waals surface area contributed by atoms with Crippen LogP contribution in [-0.4, -0.2) is 11.8 Å². The Labute approximate surface area is 145 Å². The van der Waals surface area contributed by atoms with Crippen molar-refractivity contribution in [1.29, 1.82) is 0 Å². The molecule has 24 heavy (non-hydrogen) atoms. The Bertz CT molecular complexity index is 869. The molecule has 0 saturated carbocycles. The number of nitrogens with one attached hydrogen (secondary N) is 1. The van der Waals surface area contributed by atoms with Gasteiger partial charge in [-0.25, -0.2) is 4.90 Å². The average Bonchev–Trinajstić information content (AvgIpc) is 2.76. The van der Waals surface area contributed by atoms with Crippen molar-refractivity contribution in [3.05, 3.63) is 69.9 Å². The van der Waals surface area contributed by atoms with Crippen LogP contribution in [0.1, 0.15) is 16.7 Å². The van der Waals surface area contributed by atoms with Crippen LogP contribution in [0.15, 0.2) is 53.2 Å². The molecule has 4 nitrogen and oxygen atoms in total. The zero-order valence-corrected chi connectivity index (χ0v) is 14.4. The Kier molecular flexibility index (Phi) is 4.16. The highest BCUT2D eigenvalue weighted by molar-refractivity contribution is 6.53. The van der Waals surface area contributed by atoms with Gasteiger partial charge in [0.25, 0.3) is 11.8 Å². The zero-order chi connectivity index (χ0) is 17.4. The Balaban J connectivity index is 1.95. The van der Waals surface area contributed by atoms with Gasteiger partial charge < -0.3 is 5.32 Å². The van der Waals surface area contributed by atoms with E-state index in [0.717, 1.165) is 21.6 Å². The largest absolute Gasteiger partial charge is 0.350 e. The highest BCUT2D eigenvalue weighted by Crippen LogP contribution is 2.32. The SMILES string of the molecule is Cc1ccc(NC2=C(Cl)C(=O)N(c3cccc(C)c3C)C2=O)cc1. The van der Waals surface area contributed by atoms with Crippen molar-refractivity contribution in [1.82, 2.24) is 0 Å². The van der Waals surface area contributed by atoms with Crippen LogP contribution in [0.4, 0.5) is 11.4 Å². The highest BCUT2D eigenvalue weighted by Gasteiger charge is 2.39. The molecule has 2 aromatic carbocycles. The topological polar surface area (TPSA) is 49.4 Å². The van der Waals surface area contributed by atoms with Crippen LogP contribution in [0.5, 0.6) is 0 Å². The van der Waals surface area contributed by atoms with E-state index in [1.54, 1.807) is 6.07 Å². The Morgan fingerprint density at radius 1 is 0.917 bits per heavy atom. The van der Waals surface area contributed by atoms with E-state index in [2.05, 4.69) is 5.32 Å². The number of nitrogens with zero attached hydrogens (tertiary/aromatic N) is 1. The summed E-state index contributed by atoms with van der Waals surface area (Å²) < 4.78 is 0. The van der Waals surface area contributed by atoms with Crippen molar-refractivity contribution in [2.75, 3.05) is 10.2 Å². The molecule has 0 bridgehead atoms. The molecule has 0 atom stereocenters. The smallest absolute Gasteiger partial charge is 0.283 e. The number of amides is 2. The number of benzene rings is 2. The first-order valence-electron chi connectivity index (χ1n) is 7.58. The van der Waals surface area contributed by atoms with Crippen LogP contribution >= 0.6 is 11.6 Å². The molecule has 2 amide bonds. The summed E-state index contributed by atoms with van der Waals surface area (Å²) >= 11 is 6.15. The fraction of sp³-hybridized carbons (Fsp3) is 0.158. The van der Waals surface area contributed by atoms with E-state index in [9.17, 15) is 9.59 Å². The summed E-state index contributed by atoms with van der Waals surface area (Å²) in [4.78, 5) is 26.4. The monoisotopic (exact) mass is 340 g/mol. The molecule has 1 N–H and O–H groups in total. The van der Waals surface area contributed by atoms with E-state index >= 15 is 0 Å². The molecule has 0 fully saturated rings. The molecular weight excluding hydrogens is 324 g/mol. The van der Waals surface area contributed by atoms with Crippen molar-refractivity contribution in [2.24, 2.45) is 0 Å². The van der Waals surface area contributed by atoms with Gasteiger partial charge in [0.2, 0.25) is 0 Å². The first-order chi connectivity index (χ1) is 11.4. The predicted octanol–water partition coefficient (Wildman–Crippen LogP) is 4.05. The second-order valence-electron chi connectivity index (χ2n) is 5.84. The summed E-state index contributed by atoms with van der Waals surface area (Å²) in [7, 11) is 0. The van der Waals surface area contributed by atoms with Gasteiger partial charge in [-0.3, -0.25) is 9.59 Å². The average molecular weight is 341 g/mol. The number of hydrogen-bond donors (Lipinski definition) is 1. The van der Waals surface area contributed by atoms with Crippen LogP contribution in [0.25, 0.3) is 0 Å². The Morgan fingerprint density at radius 3 is 2.25 bits per heavy atom. The number of rotatable bonds is 3. The van der Waals surface area contributed by atoms with E-state index in [1.165, 1.54) is 0 Å². The third-order valence-corrected chi connectivity index (χ3v) is 4.52. The van der Waals surface area contributed by atoms with Crippen molar-refractivity contribution in [3.8, 4) is 0 Å². The molecule has 1 heterocycles.